The fraction of sp³-hybridized carbons (Fsp3) is 0.333. The van der Waals surface area contributed by atoms with E-state index in [0.29, 0.717) is 6.42 Å². The van der Waals surface area contributed by atoms with Crippen LogP contribution < -0.4 is 10.1 Å². The minimum Gasteiger partial charge on any atom is -0.496 e. The van der Waals surface area contributed by atoms with Crippen LogP contribution in [0.3, 0.4) is 0 Å². The Balaban J connectivity index is 1.61. The first-order chi connectivity index (χ1) is 13.7. The Morgan fingerprint density at radius 2 is 1.82 bits per heavy atom. The number of hydrogen-bond donors (Lipinski definition) is 1. The SMILES string of the molecule is COc1ccccc1CC1(C(=O)Nc2cnc3ccccc3c2)CCCCC1. The van der Waals surface area contributed by atoms with E-state index in [-0.39, 0.29) is 5.91 Å². The van der Waals surface area contributed by atoms with E-state index in [9.17, 15) is 4.79 Å². The maximum atomic E-state index is 13.4. The predicted octanol–water partition coefficient (Wildman–Crippen LogP) is 5.38. The van der Waals surface area contributed by atoms with E-state index in [1.54, 1.807) is 13.3 Å². The summed E-state index contributed by atoms with van der Waals surface area (Å²) in [6, 6.07) is 18.0. The van der Waals surface area contributed by atoms with Crippen molar-refractivity contribution in [2.24, 2.45) is 5.41 Å². The average Bonchev–Trinajstić information content (AvgIpc) is 2.74. The molecular weight excluding hydrogens is 348 g/mol. The fourth-order valence-corrected chi connectivity index (χ4v) is 4.33. The fourth-order valence-electron chi connectivity index (χ4n) is 4.33. The number of carbonyl (C=O) groups is 1. The number of amides is 1. The van der Waals surface area contributed by atoms with Gasteiger partial charge in [-0.15, -0.1) is 0 Å². The second kappa shape index (κ2) is 8.01. The molecule has 0 bridgehead atoms. The number of anilines is 1. The molecule has 4 nitrogen and oxygen atoms in total. The number of methoxy groups -OCH3 is 1. The van der Waals surface area contributed by atoms with Crippen LogP contribution in [0.5, 0.6) is 5.75 Å². The second-order valence-corrected chi connectivity index (χ2v) is 7.70. The molecule has 0 radical (unpaired) electrons. The number of hydrogen-bond acceptors (Lipinski definition) is 3. The monoisotopic (exact) mass is 374 g/mol. The van der Waals surface area contributed by atoms with Crippen LogP contribution >= 0.6 is 0 Å². The molecule has 1 aromatic heterocycles. The molecule has 3 aromatic rings. The van der Waals surface area contributed by atoms with Crippen molar-refractivity contribution in [3.05, 3.63) is 66.4 Å². The number of carbonyl (C=O) groups excluding carboxylic acids is 1. The molecule has 0 spiro atoms. The third kappa shape index (κ3) is 3.72. The minimum absolute atomic E-state index is 0.0928. The number of para-hydroxylation sites is 2. The van der Waals surface area contributed by atoms with Gasteiger partial charge in [-0.25, -0.2) is 0 Å². The van der Waals surface area contributed by atoms with Gasteiger partial charge in [-0.1, -0.05) is 55.7 Å². The Morgan fingerprint density at radius 3 is 2.64 bits per heavy atom. The summed E-state index contributed by atoms with van der Waals surface area (Å²) >= 11 is 0. The molecule has 4 heteroatoms. The molecule has 144 valence electrons. The number of pyridine rings is 1. The number of ether oxygens (including phenoxy) is 1. The first-order valence-corrected chi connectivity index (χ1v) is 9.98. The van der Waals surface area contributed by atoms with Gasteiger partial charge in [-0.05, 0) is 43.0 Å². The molecule has 4 rings (SSSR count). The number of nitrogens with zero attached hydrogens (tertiary/aromatic N) is 1. The van der Waals surface area contributed by atoms with Gasteiger partial charge in [0.1, 0.15) is 5.75 Å². The van der Waals surface area contributed by atoms with Crippen LogP contribution in [0.4, 0.5) is 5.69 Å². The lowest BCUT2D eigenvalue weighted by Crippen LogP contribution is -2.40. The summed E-state index contributed by atoms with van der Waals surface area (Å²) in [5, 5.41) is 4.19. The molecule has 1 saturated carbocycles. The van der Waals surface area contributed by atoms with Crippen molar-refractivity contribution in [3.63, 3.8) is 0 Å². The zero-order chi connectivity index (χ0) is 19.4. The van der Waals surface area contributed by atoms with E-state index in [1.165, 1.54) is 6.42 Å². The summed E-state index contributed by atoms with van der Waals surface area (Å²) in [6.07, 6.45) is 7.61. The maximum Gasteiger partial charge on any atom is 0.230 e. The van der Waals surface area contributed by atoms with Crippen molar-refractivity contribution in [1.29, 1.82) is 0 Å². The Bertz CT molecular complexity index is 977. The summed E-state index contributed by atoms with van der Waals surface area (Å²) in [6.45, 7) is 0. The molecule has 1 aliphatic rings. The van der Waals surface area contributed by atoms with Gasteiger partial charge >= 0.3 is 0 Å². The molecule has 1 heterocycles. The van der Waals surface area contributed by atoms with Gasteiger partial charge in [-0.3, -0.25) is 9.78 Å². The van der Waals surface area contributed by atoms with E-state index < -0.39 is 5.41 Å². The van der Waals surface area contributed by atoms with Crippen LogP contribution in [0.2, 0.25) is 0 Å². The van der Waals surface area contributed by atoms with E-state index in [1.807, 2.05) is 48.5 Å². The van der Waals surface area contributed by atoms with Gasteiger partial charge in [0, 0.05) is 5.39 Å². The minimum atomic E-state index is -0.404. The maximum absolute atomic E-state index is 13.4. The van der Waals surface area contributed by atoms with Crippen molar-refractivity contribution in [1.82, 2.24) is 4.98 Å². The highest BCUT2D eigenvalue weighted by molar-refractivity contribution is 5.97. The van der Waals surface area contributed by atoms with Gasteiger partial charge in [0.2, 0.25) is 5.91 Å². The summed E-state index contributed by atoms with van der Waals surface area (Å²) in [4.78, 5) is 17.9. The largest absolute Gasteiger partial charge is 0.496 e. The van der Waals surface area contributed by atoms with E-state index in [4.69, 9.17) is 4.74 Å². The molecule has 0 saturated heterocycles. The first-order valence-electron chi connectivity index (χ1n) is 9.98. The molecular formula is C24H26N2O2. The smallest absolute Gasteiger partial charge is 0.230 e. The molecule has 1 amide bonds. The average molecular weight is 374 g/mol. The molecule has 2 aromatic carbocycles. The number of benzene rings is 2. The number of fused-ring (bicyclic) bond motifs is 1. The lowest BCUT2D eigenvalue weighted by molar-refractivity contribution is -0.127. The predicted molar refractivity (Wildman–Crippen MR) is 113 cm³/mol. The number of rotatable bonds is 5. The molecule has 1 aliphatic carbocycles. The molecule has 0 unspecified atom stereocenters. The van der Waals surface area contributed by atoms with Crippen LogP contribution in [0.15, 0.2) is 60.8 Å². The standard InChI is InChI=1S/C24H26N2O2/c1-28-22-12-6-4-10-19(22)16-24(13-7-2-8-14-24)23(27)26-20-15-18-9-3-5-11-21(18)25-17-20/h3-6,9-12,15,17H,2,7-8,13-14,16H2,1H3,(H,26,27). The normalized spacial score (nSPS) is 15.9. The van der Waals surface area contributed by atoms with Crippen LogP contribution in [0.25, 0.3) is 10.9 Å². The highest BCUT2D eigenvalue weighted by Crippen LogP contribution is 2.42. The lowest BCUT2D eigenvalue weighted by atomic mass is 9.69. The van der Waals surface area contributed by atoms with Crippen LogP contribution in [-0.4, -0.2) is 18.0 Å². The van der Waals surface area contributed by atoms with Crippen LogP contribution in [0.1, 0.15) is 37.7 Å². The van der Waals surface area contributed by atoms with E-state index >= 15 is 0 Å². The molecule has 0 aliphatic heterocycles. The van der Waals surface area contributed by atoms with Crippen molar-refractivity contribution in [2.75, 3.05) is 12.4 Å². The van der Waals surface area contributed by atoms with Crippen molar-refractivity contribution in [2.45, 2.75) is 38.5 Å². The van der Waals surface area contributed by atoms with Gasteiger partial charge in [0.25, 0.3) is 0 Å². The van der Waals surface area contributed by atoms with E-state index in [0.717, 1.165) is 53.6 Å². The molecule has 28 heavy (non-hydrogen) atoms. The highest BCUT2D eigenvalue weighted by atomic mass is 16.5. The first kappa shape index (κ1) is 18.5. The lowest BCUT2D eigenvalue weighted by Gasteiger charge is -2.36. The van der Waals surface area contributed by atoms with Gasteiger partial charge in [-0.2, -0.15) is 0 Å². The Kier molecular flexibility index (Phi) is 5.29. The highest BCUT2D eigenvalue weighted by Gasteiger charge is 2.40. The summed E-state index contributed by atoms with van der Waals surface area (Å²) < 4.78 is 5.54. The quantitative estimate of drug-likeness (QED) is 0.653. The van der Waals surface area contributed by atoms with Gasteiger partial charge < -0.3 is 10.1 Å². The third-order valence-electron chi connectivity index (χ3n) is 5.86. The number of aromatic nitrogens is 1. The van der Waals surface area contributed by atoms with Crippen LogP contribution in [0, 0.1) is 5.41 Å². The molecule has 1 fully saturated rings. The van der Waals surface area contributed by atoms with Crippen molar-refractivity contribution < 1.29 is 9.53 Å². The molecule has 1 N–H and O–H groups in total. The summed E-state index contributed by atoms with van der Waals surface area (Å²) in [7, 11) is 1.69. The summed E-state index contributed by atoms with van der Waals surface area (Å²) in [5.74, 6) is 0.947. The third-order valence-corrected chi connectivity index (χ3v) is 5.86. The van der Waals surface area contributed by atoms with E-state index in [2.05, 4.69) is 16.4 Å². The second-order valence-electron chi connectivity index (χ2n) is 7.70. The van der Waals surface area contributed by atoms with Crippen LogP contribution in [-0.2, 0) is 11.2 Å². The molecule has 0 atom stereocenters. The Hall–Kier alpha value is -2.88. The zero-order valence-electron chi connectivity index (χ0n) is 16.3. The topological polar surface area (TPSA) is 51.2 Å². The van der Waals surface area contributed by atoms with Gasteiger partial charge in [0.05, 0.1) is 29.9 Å². The van der Waals surface area contributed by atoms with Gasteiger partial charge in [0.15, 0.2) is 0 Å². The van der Waals surface area contributed by atoms with Crippen molar-refractivity contribution >= 4 is 22.5 Å². The number of nitrogens with one attached hydrogen (secondary N) is 1. The van der Waals surface area contributed by atoms with Crippen molar-refractivity contribution in [3.8, 4) is 5.75 Å². The Labute approximate surface area is 165 Å². The summed E-state index contributed by atoms with van der Waals surface area (Å²) in [5.41, 5.74) is 2.38. The Morgan fingerprint density at radius 1 is 1.07 bits per heavy atom. The zero-order valence-corrected chi connectivity index (χ0v) is 16.3.